The molecule has 0 atom stereocenters. The van der Waals surface area contributed by atoms with Crippen LogP contribution in [0.25, 0.3) is 11.1 Å². The van der Waals surface area contributed by atoms with Gasteiger partial charge in [-0.25, -0.2) is 18.2 Å². The molecule has 1 N–H and O–H groups in total. The molecule has 5 heteroatoms. The van der Waals surface area contributed by atoms with Crippen LogP contribution in [-0.2, 0) is 0 Å². The van der Waals surface area contributed by atoms with Crippen LogP contribution in [0.4, 0.5) is 24.7 Å². The highest BCUT2D eigenvalue weighted by molar-refractivity contribution is 5.66. The Morgan fingerprint density at radius 1 is 0.864 bits per heavy atom. The second-order valence-corrected chi connectivity index (χ2v) is 4.67. The highest BCUT2D eigenvalue weighted by Crippen LogP contribution is 2.25. The minimum Gasteiger partial charge on any atom is -0.340 e. The average Bonchev–Trinajstić information content (AvgIpc) is 2.51. The molecule has 0 fully saturated rings. The third-order valence-electron chi connectivity index (χ3n) is 3.12. The van der Waals surface area contributed by atoms with Crippen molar-refractivity contribution < 1.29 is 13.2 Å². The molecule has 2 aromatic carbocycles. The zero-order chi connectivity index (χ0) is 15.5. The van der Waals surface area contributed by atoms with Crippen LogP contribution in [0.2, 0.25) is 0 Å². The number of rotatable bonds is 3. The molecular formula is C17H11F3N2. The molecule has 0 spiro atoms. The van der Waals surface area contributed by atoms with Gasteiger partial charge in [-0.15, -0.1) is 0 Å². The number of aromatic nitrogens is 1. The summed E-state index contributed by atoms with van der Waals surface area (Å²) in [4.78, 5) is 4.13. The normalized spacial score (nSPS) is 10.5. The lowest BCUT2D eigenvalue weighted by molar-refractivity contribution is 0.511. The number of hydrogen-bond donors (Lipinski definition) is 1. The number of benzene rings is 2. The minimum absolute atomic E-state index is 0.143. The summed E-state index contributed by atoms with van der Waals surface area (Å²) in [6.07, 6.45) is 1.43. The van der Waals surface area contributed by atoms with Crippen molar-refractivity contribution in [2.75, 3.05) is 5.32 Å². The molecule has 0 saturated heterocycles. The third-order valence-corrected chi connectivity index (χ3v) is 3.12. The van der Waals surface area contributed by atoms with Crippen LogP contribution in [0.15, 0.2) is 60.8 Å². The van der Waals surface area contributed by atoms with E-state index in [2.05, 4.69) is 10.3 Å². The standard InChI is InChI=1S/C17H11F3N2/c18-12-3-1-4-13(9-12)22-16-8-7-11(10-21-16)14-5-2-6-15(19)17(14)20/h1-10H,(H,21,22). The minimum atomic E-state index is -0.907. The fraction of sp³-hybridized carbons (Fsp3) is 0. The first-order valence-corrected chi connectivity index (χ1v) is 6.56. The van der Waals surface area contributed by atoms with Crippen LogP contribution >= 0.6 is 0 Å². The summed E-state index contributed by atoms with van der Waals surface area (Å²) in [6.45, 7) is 0. The second kappa shape index (κ2) is 5.89. The maximum absolute atomic E-state index is 13.7. The smallest absolute Gasteiger partial charge is 0.166 e. The van der Waals surface area contributed by atoms with Gasteiger partial charge in [0.05, 0.1) is 0 Å². The Balaban J connectivity index is 1.85. The van der Waals surface area contributed by atoms with Crippen molar-refractivity contribution in [3.63, 3.8) is 0 Å². The number of nitrogens with zero attached hydrogens (tertiary/aromatic N) is 1. The molecule has 0 bridgehead atoms. The van der Waals surface area contributed by atoms with Crippen molar-refractivity contribution in [1.82, 2.24) is 4.98 Å². The fourth-order valence-corrected chi connectivity index (χ4v) is 2.07. The number of anilines is 2. The molecule has 0 radical (unpaired) electrons. The van der Waals surface area contributed by atoms with Gasteiger partial charge in [0.1, 0.15) is 11.6 Å². The Kier molecular flexibility index (Phi) is 3.78. The van der Waals surface area contributed by atoms with Gasteiger partial charge in [0.15, 0.2) is 11.6 Å². The van der Waals surface area contributed by atoms with Gasteiger partial charge in [-0.05, 0) is 36.4 Å². The third kappa shape index (κ3) is 2.93. The summed E-state index contributed by atoms with van der Waals surface area (Å²) < 4.78 is 40.0. The van der Waals surface area contributed by atoms with Crippen molar-refractivity contribution in [3.05, 3.63) is 78.2 Å². The van der Waals surface area contributed by atoms with E-state index in [9.17, 15) is 13.2 Å². The zero-order valence-corrected chi connectivity index (χ0v) is 11.4. The lowest BCUT2D eigenvalue weighted by Gasteiger charge is -2.07. The van der Waals surface area contributed by atoms with Crippen LogP contribution in [0.1, 0.15) is 0 Å². The molecule has 2 nitrogen and oxygen atoms in total. The molecular weight excluding hydrogens is 289 g/mol. The Morgan fingerprint density at radius 3 is 2.41 bits per heavy atom. The zero-order valence-electron chi connectivity index (χ0n) is 11.4. The summed E-state index contributed by atoms with van der Waals surface area (Å²) in [6, 6.07) is 13.2. The predicted molar refractivity (Wildman–Crippen MR) is 79.3 cm³/mol. The summed E-state index contributed by atoms with van der Waals surface area (Å²) in [5, 5.41) is 2.93. The molecule has 22 heavy (non-hydrogen) atoms. The van der Waals surface area contributed by atoms with Gasteiger partial charge >= 0.3 is 0 Å². The number of halogens is 3. The second-order valence-electron chi connectivity index (χ2n) is 4.67. The van der Waals surface area contributed by atoms with E-state index < -0.39 is 11.6 Å². The van der Waals surface area contributed by atoms with Crippen molar-refractivity contribution in [2.24, 2.45) is 0 Å². The van der Waals surface area contributed by atoms with Gasteiger partial charge < -0.3 is 5.32 Å². The summed E-state index contributed by atoms with van der Waals surface area (Å²) in [5.41, 5.74) is 1.16. The first-order chi connectivity index (χ1) is 10.6. The Morgan fingerprint density at radius 2 is 1.68 bits per heavy atom. The first kappa shape index (κ1) is 14.1. The lowest BCUT2D eigenvalue weighted by Crippen LogP contribution is -1.95. The van der Waals surface area contributed by atoms with Gasteiger partial charge in [-0.3, -0.25) is 0 Å². The van der Waals surface area contributed by atoms with E-state index >= 15 is 0 Å². The molecule has 0 unspecified atom stereocenters. The molecule has 0 amide bonds. The molecule has 0 aliphatic heterocycles. The molecule has 0 aliphatic carbocycles. The highest BCUT2D eigenvalue weighted by atomic mass is 19.2. The van der Waals surface area contributed by atoms with Crippen molar-refractivity contribution in [3.8, 4) is 11.1 Å². The highest BCUT2D eigenvalue weighted by Gasteiger charge is 2.09. The van der Waals surface area contributed by atoms with Crippen LogP contribution in [0.3, 0.4) is 0 Å². The van der Waals surface area contributed by atoms with Gasteiger partial charge in [-0.1, -0.05) is 18.2 Å². The Bertz CT molecular complexity index is 801. The van der Waals surface area contributed by atoms with Gasteiger partial charge in [0, 0.05) is 23.0 Å². The summed E-state index contributed by atoms with van der Waals surface area (Å²) in [7, 11) is 0. The maximum Gasteiger partial charge on any atom is 0.166 e. The average molecular weight is 300 g/mol. The molecule has 0 aliphatic rings. The maximum atomic E-state index is 13.7. The lowest BCUT2D eigenvalue weighted by atomic mass is 10.1. The quantitative estimate of drug-likeness (QED) is 0.743. The molecule has 110 valence electrons. The SMILES string of the molecule is Fc1cccc(Nc2ccc(-c3cccc(F)c3F)cn2)c1. The van der Waals surface area contributed by atoms with Crippen LogP contribution in [0.5, 0.6) is 0 Å². The van der Waals surface area contributed by atoms with E-state index in [-0.39, 0.29) is 11.4 Å². The number of hydrogen-bond acceptors (Lipinski definition) is 2. The van der Waals surface area contributed by atoms with E-state index in [0.717, 1.165) is 6.07 Å². The fourth-order valence-electron chi connectivity index (χ4n) is 2.07. The molecule has 1 aromatic heterocycles. The Labute approximate surface area is 125 Å². The molecule has 1 heterocycles. The van der Waals surface area contributed by atoms with Gasteiger partial charge in [-0.2, -0.15) is 0 Å². The largest absolute Gasteiger partial charge is 0.340 e. The van der Waals surface area contributed by atoms with Crippen LogP contribution in [0, 0.1) is 17.5 Å². The molecule has 3 aromatic rings. The Hall–Kier alpha value is -2.82. The number of nitrogens with one attached hydrogen (secondary N) is 1. The van der Waals surface area contributed by atoms with Crippen molar-refractivity contribution in [1.29, 1.82) is 0 Å². The van der Waals surface area contributed by atoms with Crippen molar-refractivity contribution >= 4 is 11.5 Å². The summed E-state index contributed by atoms with van der Waals surface area (Å²) in [5.74, 6) is -1.69. The van der Waals surface area contributed by atoms with Crippen molar-refractivity contribution in [2.45, 2.75) is 0 Å². The van der Waals surface area contributed by atoms with E-state index in [4.69, 9.17) is 0 Å². The topological polar surface area (TPSA) is 24.9 Å². The van der Waals surface area contributed by atoms with E-state index in [1.165, 1.54) is 30.5 Å². The first-order valence-electron chi connectivity index (χ1n) is 6.56. The van der Waals surface area contributed by atoms with Crippen LogP contribution < -0.4 is 5.32 Å². The van der Waals surface area contributed by atoms with Gasteiger partial charge in [0.25, 0.3) is 0 Å². The van der Waals surface area contributed by atoms with E-state index in [0.29, 0.717) is 17.1 Å². The van der Waals surface area contributed by atoms with E-state index in [1.54, 1.807) is 24.3 Å². The predicted octanol–water partition coefficient (Wildman–Crippen LogP) is 4.91. The summed E-state index contributed by atoms with van der Waals surface area (Å²) >= 11 is 0. The molecule has 0 saturated carbocycles. The van der Waals surface area contributed by atoms with Crippen LogP contribution in [-0.4, -0.2) is 4.98 Å². The monoisotopic (exact) mass is 300 g/mol. The van der Waals surface area contributed by atoms with Gasteiger partial charge in [0.2, 0.25) is 0 Å². The number of pyridine rings is 1. The molecule has 3 rings (SSSR count). The van der Waals surface area contributed by atoms with E-state index in [1.807, 2.05) is 0 Å².